The maximum Gasteiger partial charge on any atom is 0.328 e. The van der Waals surface area contributed by atoms with Crippen molar-refractivity contribution in [1.29, 1.82) is 0 Å². The van der Waals surface area contributed by atoms with E-state index >= 15 is 0 Å². The molecule has 1 aromatic carbocycles. The molecule has 2 atom stereocenters. The lowest BCUT2D eigenvalue weighted by Gasteiger charge is -2.17. The molecule has 1 aromatic rings. The molecule has 0 saturated carbocycles. The van der Waals surface area contributed by atoms with Crippen LogP contribution in [0.1, 0.15) is 28.8 Å². The lowest BCUT2D eigenvalue weighted by Crippen LogP contribution is -2.48. The maximum atomic E-state index is 12.2. The highest BCUT2D eigenvalue weighted by Crippen LogP contribution is 2.06. The Morgan fingerprint density at radius 3 is 2.52 bits per heavy atom. The fourth-order valence-electron chi connectivity index (χ4n) is 1.95. The predicted molar refractivity (Wildman–Crippen MR) is 84.6 cm³/mol. The van der Waals surface area contributed by atoms with Crippen molar-refractivity contribution in [2.24, 2.45) is 5.73 Å². The first-order valence-electron chi connectivity index (χ1n) is 7.32. The van der Waals surface area contributed by atoms with E-state index in [9.17, 15) is 9.59 Å². The highest BCUT2D eigenvalue weighted by Gasteiger charge is 2.21. The Hall–Kier alpha value is -2.00. The Balaban J connectivity index is 2.55. The molecule has 128 valence electrons. The van der Waals surface area contributed by atoms with Gasteiger partial charge in [-0.05, 0) is 38.4 Å². The van der Waals surface area contributed by atoms with Gasteiger partial charge in [-0.3, -0.25) is 10.1 Å². The van der Waals surface area contributed by atoms with Crippen LogP contribution < -0.4 is 21.8 Å². The number of carbonyl (C=O) groups excluding carboxylic acids is 2. The highest BCUT2D eigenvalue weighted by molar-refractivity contribution is 5.96. The van der Waals surface area contributed by atoms with Crippen LogP contribution in [0.2, 0.25) is 0 Å². The molecule has 1 amide bonds. The van der Waals surface area contributed by atoms with Crippen molar-refractivity contribution < 1.29 is 19.5 Å². The number of aryl methyl sites for hydroxylation is 1. The Labute approximate surface area is 135 Å². The SMILES string of the molecule is COC(=O)C(CCCNC(N)NO)NC(=O)c1ccc(C)cc1. The van der Waals surface area contributed by atoms with Crippen LogP contribution in [-0.4, -0.2) is 43.1 Å². The second kappa shape index (κ2) is 9.90. The lowest BCUT2D eigenvalue weighted by atomic mass is 10.1. The van der Waals surface area contributed by atoms with Crippen LogP contribution in [0, 0.1) is 6.92 Å². The first kappa shape index (κ1) is 19.0. The summed E-state index contributed by atoms with van der Waals surface area (Å²) in [6.07, 6.45) is 0.201. The molecular weight excluding hydrogens is 300 g/mol. The fraction of sp³-hybridized carbons (Fsp3) is 0.467. The van der Waals surface area contributed by atoms with Crippen molar-refractivity contribution in [2.75, 3.05) is 13.7 Å². The summed E-state index contributed by atoms with van der Waals surface area (Å²) < 4.78 is 4.72. The molecule has 0 aliphatic carbocycles. The molecule has 0 aromatic heterocycles. The Morgan fingerprint density at radius 2 is 1.96 bits per heavy atom. The van der Waals surface area contributed by atoms with Gasteiger partial charge in [0.25, 0.3) is 5.91 Å². The molecule has 2 unspecified atom stereocenters. The molecule has 0 aliphatic heterocycles. The van der Waals surface area contributed by atoms with Gasteiger partial charge < -0.3 is 21.0 Å². The van der Waals surface area contributed by atoms with Crippen molar-refractivity contribution in [2.45, 2.75) is 32.1 Å². The maximum absolute atomic E-state index is 12.2. The Kier molecular flexibility index (Phi) is 8.20. The second-order valence-electron chi connectivity index (χ2n) is 5.12. The summed E-state index contributed by atoms with van der Waals surface area (Å²) in [6.45, 7) is 2.39. The van der Waals surface area contributed by atoms with Gasteiger partial charge in [0, 0.05) is 5.56 Å². The number of methoxy groups -OCH3 is 1. The Bertz CT molecular complexity index is 507. The number of benzene rings is 1. The van der Waals surface area contributed by atoms with Gasteiger partial charge in [-0.2, -0.15) is 5.48 Å². The number of nitrogens with one attached hydrogen (secondary N) is 3. The first-order chi connectivity index (χ1) is 11.0. The van der Waals surface area contributed by atoms with Crippen LogP contribution in [0.25, 0.3) is 0 Å². The second-order valence-corrected chi connectivity index (χ2v) is 5.12. The van der Waals surface area contributed by atoms with Gasteiger partial charge in [-0.15, -0.1) is 0 Å². The summed E-state index contributed by atoms with van der Waals surface area (Å²) in [4.78, 5) is 24.0. The van der Waals surface area contributed by atoms with Crippen LogP contribution in [-0.2, 0) is 9.53 Å². The van der Waals surface area contributed by atoms with Crippen LogP contribution >= 0.6 is 0 Å². The molecule has 0 heterocycles. The minimum atomic E-state index is -0.742. The summed E-state index contributed by atoms with van der Waals surface area (Å²) in [5.74, 6) is -0.836. The summed E-state index contributed by atoms with van der Waals surface area (Å²) >= 11 is 0. The third-order valence-electron chi connectivity index (χ3n) is 3.28. The molecule has 8 heteroatoms. The number of nitrogens with two attached hydrogens (primary N) is 1. The zero-order valence-corrected chi connectivity index (χ0v) is 13.3. The van der Waals surface area contributed by atoms with Gasteiger partial charge >= 0.3 is 5.97 Å². The lowest BCUT2D eigenvalue weighted by molar-refractivity contribution is -0.143. The normalized spacial score (nSPS) is 13.2. The molecular formula is C15H24N4O4. The molecule has 0 saturated heterocycles. The molecule has 0 aliphatic rings. The average molecular weight is 324 g/mol. The van der Waals surface area contributed by atoms with Crippen LogP contribution in [0.15, 0.2) is 24.3 Å². The van der Waals surface area contributed by atoms with Crippen molar-refractivity contribution in [3.8, 4) is 0 Å². The van der Waals surface area contributed by atoms with Crippen molar-refractivity contribution >= 4 is 11.9 Å². The molecule has 0 bridgehead atoms. The van der Waals surface area contributed by atoms with E-state index in [1.807, 2.05) is 24.5 Å². The van der Waals surface area contributed by atoms with E-state index < -0.39 is 18.3 Å². The molecule has 0 fully saturated rings. The smallest absolute Gasteiger partial charge is 0.328 e. The third-order valence-corrected chi connectivity index (χ3v) is 3.28. The number of hydrogen-bond donors (Lipinski definition) is 5. The number of hydroxylamine groups is 1. The van der Waals surface area contributed by atoms with Gasteiger partial charge in [-0.25, -0.2) is 4.79 Å². The van der Waals surface area contributed by atoms with Gasteiger partial charge in [0.05, 0.1) is 7.11 Å². The van der Waals surface area contributed by atoms with E-state index in [2.05, 4.69) is 10.6 Å². The molecule has 0 spiro atoms. The average Bonchev–Trinajstić information content (AvgIpc) is 2.56. The standard InChI is InChI=1S/C15H24N4O4/c1-10-5-7-11(8-6-10)13(20)18-12(14(21)23-2)4-3-9-17-15(16)19-22/h5-8,12,15,17,19,22H,3-4,9,16H2,1-2H3,(H,18,20). The topological polar surface area (TPSA) is 126 Å². The third kappa shape index (κ3) is 6.74. The molecule has 6 N–H and O–H groups in total. The number of ether oxygens (including phenoxy) is 1. The number of rotatable bonds is 9. The highest BCUT2D eigenvalue weighted by atomic mass is 16.5. The zero-order valence-electron chi connectivity index (χ0n) is 13.3. The Morgan fingerprint density at radius 1 is 1.30 bits per heavy atom. The number of esters is 1. The predicted octanol–water partition coefficient (Wildman–Crippen LogP) is -0.143. The van der Waals surface area contributed by atoms with E-state index in [1.165, 1.54) is 7.11 Å². The number of hydrogen-bond acceptors (Lipinski definition) is 7. The summed E-state index contributed by atoms with van der Waals surface area (Å²) in [5, 5.41) is 14.0. The van der Waals surface area contributed by atoms with Gasteiger partial charge in [0.15, 0.2) is 0 Å². The van der Waals surface area contributed by atoms with Gasteiger partial charge in [0.1, 0.15) is 12.3 Å². The minimum absolute atomic E-state index is 0.331. The minimum Gasteiger partial charge on any atom is -0.467 e. The molecule has 23 heavy (non-hydrogen) atoms. The van der Waals surface area contributed by atoms with Crippen molar-refractivity contribution in [3.05, 3.63) is 35.4 Å². The van der Waals surface area contributed by atoms with Crippen molar-refractivity contribution in [1.82, 2.24) is 16.1 Å². The van der Waals surface area contributed by atoms with E-state index in [-0.39, 0.29) is 5.91 Å². The first-order valence-corrected chi connectivity index (χ1v) is 7.32. The van der Waals surface area contributed by atoms with Gasteiger partial charge in [0.2, 0.25) is 0 Å². The van der Waals surface area contributed by atoms with E-state index in [0.29, 0.717) is 24.9 Å². The number of amides is 1. The van der Waals surface area contributed by atoms with E-state index in [0.717, 1.165) is 5.56 Å². The van der Waals surface area contributed by atoms with Crippen LogP contribution in [0.3, 0.4) is 0 Å². The summed E-state index contributed by atoms with van der Waals surface area (Å²) in [7, 11) is 1.28. The monoisotopic (exact) mass is 324 g/mol. The number of carbonyl (C=O) groups is 2. The quantitative estimate of drug-likeness (QED) is 0.185. The van der Waals surface area contributed by atoms with Crippen molar-refractivity contribution in [3.63, 3.8) is 0 Å². The van der Waals surface area contributed by atoms with Crippen LogP contribution in [0.5, 0.6) is 0 Å². The summed E-state index contributed by atoms with van der Waals surface area (Å²) in [5.41, 5.74) is 8.79. The van der Waals surface area contributed by atoms with Crippen LogP contribution in [0.4, 0.5) is 0 Å². The molecule has 8 nitrogen and oxygen atoms in total. The largest absolute Gasteiger partial charge is 0.467 e. The zero-order chi connectivity index (χ0) is 17.2. The fourth-order valence-corrected chi connectivity index (χ4v) is 1.95. The summed E-state index contributed by atoms with van der Waals surface area (Å²) in [6, 6.07) is 6.32. The van der Waals surface area contributed by atoms with Gasteiger partial charge in [-0.1, -0.05) is 17.7 Å². The molecule has 0 radical (unpaired) electrons. The molecule has 1 rings (SSSR count). The van der Waals surface area contributed by atoms with E-state index in [1.54, 1.807) is 12.1 Å². The van der Waals surface area contributed by atoms with E-state index in [4.69, 9.17) is 15.7 Å².